The normalized spacial score (nSPS) is 6.00. The highest BCUT2D eigenvalue weighted by Gasteiger charge is 1.88. The van der Waals surface area contributed by atoms with E-state index in [1.54, 1.807) is 0 Å². The van der Waals surface area contributed by atoms with Crippen LogP contribution in [0.3, 0.4) is 0 Å². The molecule has 0 saturated carbocycles. The summed E-state index contributed by atoms with van der Waals surface area (Å²) in [5.41, 5.74) is 0. The number of rotatable bonds is 0. The summed E-state index contributed by atoms with van der Waals surface area (Å²) in [6.07, 6.45) is -0.657. The Balaban J connectivity index is 0. The second-order valence-electron chi connectivity index (χ2n) is 0.658. The summed E-state index contributed by atoms with van der Waals surface area (Å²) in [5.74, 6) is 0. The molecule has 0 rings (SSSR count). The van der Waals surface area contributed by atoms with E-state index in [1.165, 1.54) is 14.2 Å². The lowest BCUT2D eigenvalue weighted by Gasteiger charge is -1.89. The Bertz CT molecular complexity index is 44.9. The van der Waals surface area contributed by atoms with Crippen LogP contribution < -0.4 is 0 Å². The number of carbonyl (C=O) groups is 1. The predicted molar refractivity (Wildman–Crippen MR) is 26.1 cm³/mol. The number of hydrogen-bond donors (Lipinski definition) is 0. The third-order valence-corrected chi connectivity index (χ3v) is 0.333. The van der Waals surface area contributed by atoms with Gasteiger partial charge in [-0.25, -0.2) is 4.79 Å². The zero-order valence-corrected chi connectivity index (χ0v) is 3.72. The summed E-state index contributed by atoms with van der Waals surface area (Å²) in [5, 5.41) is 0. The molecule has 0 N–H and O–H groups in total. The third-order valence-electron chi connectivity index (χ3n) is 0.333. The van der Waals surface area contributed by atoms with Crippen LogP contribution in [0.2, 0.25) is 0 Å². The first-order valence-corrected chi connectivity index (χ1v) is 1.43. The first kappa shape index (κ1) is 9.55. The van der Waals surface area contributed by atoms with Crippen molar-refractivity contribution in [2.45, 2.75) is 7.43 Å². The van der Waals surface area contributed by atoms with Gasteiger partial charge in [0.25, 0.3) is 0 Å². The Kier molecular flexibility index (Phi) is 7.19. The molecule has 0 aliphatic rings. The van der Waals surface area contributed by atoms with Crippen LogP contribution in [0.15, 0.2) is 0 Å². The van der Waals surface area contributed by atoms with Crippen LogP contribution in [0.1, 0.15) is 7.43 Å². The Morgan fingerprint density at radius 1 is 1.29 bits per heavy atom. The van der Waals surface area contributed by atoms with Crippen LogP contribution in [0.5, 0.6) is 0 Å². The van der Waals surface area contributed by atoms with Gasteiger partial charge in [0.1, 0.15) is 0 Å². The molecule has 0 bridgehead atoms. The van der Waals surface area contributed by atoms with E-state index >= 15 is 0 Å². The lowest BCUT2D eigenvalue weighted by Crippen LogP contribution is -1.97. The highest BCUT2D eigenvalue weighted by atomic mass is 16.7. The Labute approximate surface area is 43.2 Å². The van der Waals surface area contributed by atoms with Gasteiger partial charge in [0, 0.05) is 0 Å². The quantitative estimate of drug-likeness (QED) is 0.433. The molecule has 0 saturated heterocycles. The standard InChI is InChI=1S/C3H6O3.CH4/c1-5-3(4)6-2;/h1-2H3;1H4. The van der Waals surface area contributed by atoms with Crippen molar-refractivity contribution in [1.29, 1.82) is 0 Å². The smallest absolute Gasteiger partial charge is 0.438 e. The SMILES string of the molecule is C.COC(=O)OC. The number of ether oxygens (including phenoxy) is 2. The maximum absolute atomic E-state index is 9.74. The molecule has 0 aromatic heterocycles. The minimum Gasteiger partial charge on any atom is -0.438 e. The molecule has 0 spiro atoms. The maximum Gasteiger partial charge on any atom is 0.507 e. The van der Waals surface area contributed by atoms with E-state index < -0.39 is 6.16 Å². The molecule has 0 aromatic carbocycles. The lowest BCUT2D eigenvalue weighted by atomic mass is 11.3. The molecule has 0 atom stereocenters. The largest absolute Gasteiger partial charge is 0.507 e. The Hall–Kier alpha value is -0.730. The topological polar surface area (TPSA) is 35.5 Å². The fourth-order valence-electron chi connectivity index (χ4n) is 0.0833. The second kappa shape index (κ2) is 5.27. The highest BCUT2D eigenvalue weighted by molar-refractivity contribution is 5.59. The maximum atomic E-state index is 9.74. The van der Waals surface area contributed by atoms with Crippen molar-refractivity contribution >= 4 is 6.16 Å². The molecule has 0 radical (unpaired) electrons. The van der Waals surface area contributed by atoms with Gasteiger partial charge in [-0.3, -0.25) is 0 Å². The molecule has 0 amide bonds. The van der Waals surface area contributed by atoms with Gasteiger partial charge >= 0.3 is 6.16 Å². The number of carbonyl (C=O) groups excluding carboxylic acids is 1. The van der Waals surface area contributed by atoms with E-state index in [9.17, 15) is 4.79 Å². The first-order chi connectivity index (χ1) is 2.81. The van der Waals surface area contributed by atoms with Crippen molar-refractivity contribution < 1.29 is 14.3 Å². The molecule has 0 aromatic rings. The van der Waals surface area contributed by atoms with Crippen molar-refractivity contribution in [3.05, 3.63) is 0 Å². The summed E-state index contributed by atoms with van der Waals surface area (Å²) in [4.78, 5) is 9.74. The van der Waals surface area contributed by atoms with Crippen LogP contribution in [0.25, 0.3) is 0 Å². The van der Waals surface area contributed by atoms with Crippen LogP contribution >= 0.6 is 0 Å². The van der Waals surface area contributed by atoms with E-state index in [0.717, 1.165) is 0 Å². The summed E-state index contributed by atoms with van der Waals surface area (Å²) in [6.45, 7) is 0. The van der Waals surface area contributed by atoms with Gasteiger partial charge < -0.3 is 9.47 Å². The van der Waals surface area contributed by atoms with Gasteiger partial charge in [0.15, 0.2) is 0 Å². The first-order valence-electron chi connectivity index (χ1n) is 1.43. The molecule has 7 heavy (non-hydrogen) atoms. The molecule has 0 fully saturated rings. The minimum absolute atomic E-state index is 0. The van der Waals surface area contributed by atoms with Gasteiger partial charge in [0.05, 0.1) is 14.2 Å². The molecule has 0 aliphatic heterocycles. The molecule has 3 heteroatoms. The molecule has 44 valence electrons. The van der Waals surface area contributed by atoms with Gasteiger partial charge in [-0.2, -0.15) is 0 Å². The van der Waals surface area contributed by atoms with E-state index in [4.69, 9.17) is 0 Å². The van der Waals surface area contributed by atoms with Crippen molar-refractivity contribution in [3.63, 3.8) is 0 Å². The van der Waals surface area contributed by atoms with Crippen LogP contribution in [-0.4, -0.2) is 20.4 Å². The predicted octanol–water partition coefficient (Wildman–Crippen LogP) is 1.04. The molecule has 0 aliphatic carbocycles. The van der Waals surface area contributed by atoms with E-state index in [0.29, 0.717) is 0 Å². The molecule has 0 unspecified atom stereocenters. The van der Waals surface area contributed by atoms with Crippen molar-refractivity contribution in [2.75, 3.05) is 14.2 Å². The van der Waals surface area contributed by atoms with E-state index in [2.05, 4.69) is 9.47 Å². The third kappa shape index (κ3) is 5.27. The van der Waals surface area contributed by atoms with Crippen molar-refractivity contribution in [2.24, 2.45) is 0 Å². The molecular formula is C4H10O3. The monoisotopic (exact) mass is 106 g/mol. The van der Waals surface area contributed by atoms with Crippen LogP contribution in [0, 0.1) is 0 Å². The number of hydrogen-bond acceptors (Lipinski definition) is 3. The minimum atomic E-state index is -0.657. The van der Waals surface area contributed by atoms with Crippen molar-refractivity contribution in [3.8, 4) is 0 Å². The summed E-state index contributed by atoms with van der Waals surface area (Å²) in [7, 11) is 2.51. The second-order valence-corrected chi connectivity index (χ2v) is 0.658. The average Bonchev–Trinajstić information content (AvgIpc) is 1.65. The van der Waals surface area contributed by atoms with Gasteiger partial charge in [-0.15, -0.1) is 0 Å². The molecular weight excluding hydrogens is 96.0 g/mol. The van der Waals surface area contributed by atoms with Crippen LogP contribution in [0.4, 0.5) is 4.79 Å². The van der Waals surface area contributed by atoms with Gasteiger partial charge in [-0.05, 0) is 0 Å². The molecule has 0 heterocycles. The summed E-state index contributed by atoms with van der Waals surface area (Å²) < 4.78 is 8.08. The fraction of sp³-hybridized carbons (Fsp3) is 0.750. The van der Waals surface area contributed by atoms with E-state index in [1.807, 2.05) is 0 Å². The zero-order chi connectivity index (χ0) is 4.99. The van der Waals surface area contributed by atoms with Gasteiger partial charge in [0.2, 0.25) is 0 Å². The number of methoxy groups -OCH3 is 2. The summed E-state index contributed by atoms with van der Waals surface area (Å²) >= 11 is 0. The summed E-state index contributed by atoms with van der Waals surface area (Å²) in [6, 6.07) is 0. The average molecular weight is 106 g/mol. The zero-order valence-electron chi connectivity index (χ0n) is 3.72. The fourth-order valence-corrected chi connectivity index (χ4v) is 0.0833. The van der Waals surface area contributed by atoms with Gasteiger partial charge in [-0.1, -0.05) is 7.43 Å². The Morgan fingerprint density at radius 3 is 1.57 bits per heavy atom. The molecule has 3 nitrogen and oxygen atoms in total. The Morgan fingerprint density at radius 2 is 1.57 bits per heavy atom. The van der Waals surface area contributed by atoms with Crippen LogP contribution in [-0.2, 0) is 9.47 Å². The highest BCUT2D eigenvalue weighted by Crippen LogP contribution is 1.72. The van der Waals surface area contributed by atoms with Crippen molar-refractivity contribution in [1.82, 2.24) is 0 Å². The lowest BCUT2D eigenvalue weighted by molar-refractivity contribution is 0.0924. The van der Waals surface area contributed by atoms with E-state index in [-0.39, 0.29) is 7.43 Å².